The molecule has 9 heteroatoms. The monoisotopic (exact) mass is 455 g/mol. The third kappa shape index (κ3) is 6.46. The summed E-state index contributed by atoms with van der Waals surface area (Å²) < 4.78 is 32.2. The first-order chi connectivity index (χ1) is 15.0. The van der Waals surface area contributed by atoms with E-state index in [1.165, 1.54) is 30.5 Å². The predicted octanol–water partition coefficient (Wildman–Crippen LogP) is 3.29. The number of furan rings is 1. The van der Waals surface area contributed by atoms with E-state index in [1.54, 1.807) is 30.0 Å². The molecule has 1 amide bonds. The molecule has 0 atom stereocenters. The number of hydrogen-bond acceptors (Lipinski definition) is 6. The highest BCUT2D eigenvalue weighted by Gasteiger charge is 2.15. The average molecular weight is 456 g/mol. The molecule has 0 fully saturated rings. The standard InChI is InChI=1S/C22H21N3O4S2/c23-14-18-4-1-2-5-19(18)16-30-13-11-24-22(26)17-7-9-21(10-8-17)31(27,28)25-15-20-6-3-12-29-20/h1-10,12,25H,11,13,15-16H2,(H,24,26). The van der Waals surface area contributed by atoms with Crippen LogP contribution in [-0.2, 0) is 22.3 Å². The fourth-order valence-electron chi connectivity index (χ4n) is 2.72. The topological polar surface area (TPSA) is 112 Å². The lowest BCUT2D eigenvalue weighted by Crippen LogP contribution is -2.26. The summed E-state index contributed by atoms with van der Waals surface area (Å²) in [6.07, 6.45) is 1.47. The Balaban J connectivity index is 1.45. The quantitative estimate of drug-likeness (QED) is 0.454. The van der Waals surface area contributed by atoms with Crippen LogP contribution in [0, 0.1) is 11.3 Å². The lowest BCUT2D eigenvalue weighted by atomic mass is 10.1. The number of nitriles is 1. The summed E-state index contributed by atoms with van der Waals surface area (Å²) in [4.78, 5) is 12.4. The van der Waals surface area contributed by atoms with E-state index in [0.717, 1.165) is 5.56 Å². The van der Waals surface area contributed by atoms with Crippen LogP contribution in [0.4, 0.5) is 0 Å². The van der Waals surface area contributed by atoms with Crippen molar-refractivity contribution >= 4 is 27.7 Å². The Morgan fingerprint density at radius 1 is 1.06 bits per heavy atom. The van der Waals surface area contributed by atoms with Gasteiger partial charge in [-0.1, -0.05) is 18.2 Å². The largest absolute Gasteiger partial charge is 0.468 e. The number of nitrogens with zero attached hydrogens (tertiary/aromatic N) is 1. The summed E-state index contributed by atoms with van der Waals surface area (Å²) in [5, 5.41) is 11.9. The van der Waals surface area contributed by atoms with Gasteiger partial charge in [-0.3, -0.25) is 4.79 Å². The molecule has 0 radical (unpaired) electrons. The Kier molecular flexibility index (Phi) is 7.89. The molecule has 0 aliphatic rings. The fourth-order valence-corrected chi connectivity index (χ4v) is 4.58. The first-order valence-corrected chi connectivity index (χ1v) is 12.1. The van der Waals surface area contributed by atoms with Crippen molar-refractivity contribution in [3.05, 3.63) is 89.4 Å². The second kappa shape index (κ2) is 10.8. The van der Waals surface area contributed by atoms with Crippen molar-refractivity contribution in [2.45, 2.75) is 17.2 Å². The van der Waals surface area contributed by atoms with Gasteiger partial charge >= 0.3 is 0 Å². The molecule has 160 valence electrons. The highest BCUT2D eigenvalue weighted by atomic mass is 32.2. The molecule has 0 aliphatic heterocycles. The van der Waals surface area contributed by atoms with Gasteiger partial charge in [0.15, 0.2) is 0 Å². The minimum atomic E-state index is -3.70. The van der Waals surface area contributed by atoms with Crippen LogP contribution < -0.4 is 10.0 Å². The molecule has 7 nitrogen and oxygen atoms in total. The third-order valence-corrected chi connectivity index (χ3v) is 6.80. The van der Waals surface area contributed by atoms with Crippen LogP contribution in [0.15, 0.2) is 76.2 Å². The zero-order chi connectivity index (χ0) is 22.1. The van der Waals surface area contributed by atoms with E-state index in [2.05, 4.69) is 16.1 Å². The maximum atomic E-state index is 12.3. The molecule has 0 unspecified atom stereocenters. The van der Waals surface area contributed by atoms with Gasteiger partial charge in [-0.2, -0.15) is 17.0 Å². The van der Waals surface area contributed by atoms with Crippen molar-refractivity contribution in [2.75, 3.05) is 12.3 Å². The van der Waals surface area contributed by atoms with E-state index in [9.17, 15) is 13.2 Å². The normalized spacial score (nSPS) is 11.1. The van der Waals surface area contributed by atoms with Gasteiger partial charge in [0, 0.05) is 23.6 Å². The molecule has 3 aromatic rings. The molecular weight excluding hydrogens is 434 g/mol. The minimum Gasteiger partial charge on any atom is -0.468 e. The van der Waals surface area contributed by atoms with E-state index < -0.39 is 10.0 Å². The van der Waals surface area contributed by atoms with Gasteiger partial charge in [0.25, 0.3) is 5.91 Å². The summed E-state index contributed by atoms with van der Waals surface area (Å²) >= 11 is 1.62. The lowest BCUT2D eigenvalue weighted by Gasteiger charge is -2.08. The maximum absolute atomic E-state index is 12.3. The first-order valence-electron chi connectivity index (χ1n) is 9.45. The summed E-state index contributed by atoms with van der Waals surface area (Å²) in [5.41, 5.74) is 2.01. The molecule has 3 rings (SSSR count). The summed E-state index contributed by atoms with van der Waals surface area (Å²) in [6.45, 7) is 0.511. The molecule has 0 saturated carbocycles. The SMILES string of the molecule is N#Cc1ccccc1CSCCNC(=O)c1ccc(S(=O)(=O)NCc2ccco2)cc1. The van der Waals surface area contributed by atoms with Crippen LogP contribution in [0.25, 0.3) is 0 Å². The highest BCUT2D eigenvalue weighted by molar-refractivity contribution is 7.98. The summed E-state index contributed by atoms with van der Waals surface area (Å²) in [6, 6.07) is 18.7. The van der Waals surface area contributed by atoms with Gasteiger partial charge in [0.2, 0.25) is 10.0 Å². The van der Waals surface area contributed by atoms with Gasteiger partial charge < -0.3 is 9.73 Å². The number of benzene rings is 2. The Morgan fingerprint density at radius 3 is 2.55 bits per heavy atom. The number of rotatable bonds is 10. The molecule has 1 aromatic heterocycles. The average Bonchev–Trinajstić information content (AvgIpc) is 3.31. The Morgan fingerprint density at radius 2 is 1.84 bits per heavy atom. The van der Waals surface area contributed by atoms with Crippen molar-refractivity contribution in [3.63, 3.8) is 0 Å². The molecule has 2 aromatic carbocycles. The van der Waals surface area contributed by atoms with Crippen molar-refractivity contribution in [1.82, 2.24) is 10.0 Å². The van der Waals surface area contributed by atoms with Crippen LogP contribution in [0.2, 0.25) is 0 Å². The third-order valence-electron chi connectivity index (χ3n) is 4.37. The number of carbonyl (C=O) groups is 1. The minimum absolute atomic E-state index is 0.0497. The Labute approximate surface area is 185 Å². The first kappa shape index (κ1) is 22.6. The Hall–Kier alpha value is -3.06. The molecule has 31 heavy (non-hydrogen) atoms. The zero-order valence-corrected chi connectivity index (χ0v) is 18.2. The molecule has 2 N–H and O–H groups in total. The Bertz CT molecular complexity index is 1150. The molecule has 0 saturated heterocycles. The molecular formula is C22H21N3O4S2. The van der Waals surface area contributed by atoms with Crippen molar-refractivity contribution in [1.29, 1.82) is 5.26 Å². The van der Waals surface area contributed by atoms with Gasteiger partial charge in [-0.05, 0) is 48.0 Å². The van der Waals surface area contributed by atoms with Gasteiger partial charge in [-0.25, -0.2) is 13.1 Å². The summed E-state index contributed by atoms with van der Waals surface area (Å²) in [5.74, 6) is 1.62. The number of thioether (sulfide) groups is 1. The van der Waals surface area contributed by atoms with Crippen molar-refractivity contribution in [2.24, 2.45) is 0 Å². The van der Waals surface area contributed by atoms with Crippen molar-refractivity contribution in [3.8, 4) is 6.07 Å². The fraction of sp³-hybridized carbons (Fsp3) is 0.182. The summed E-state index contributed by atoms with van der Waals surface area (Å²) in [7, 11) is -3.70. The number of nitrogens with one attached hydrogen (secondary N) is 2. The number of carbonyl (C=O) groups excluding carboxylic acids is 1. The van der Waals surface area contributed by atoms with Crippen LogP contribution in [0.1, 0.15) is 27.2 Å². The second-order valence-corrected chi connectivity index (χ2v) is 9.38. The molecule has 1 heterocycles. The smallest absolute Gasteiger partial charge is 0.251 e. The number of sulfonamides is 1. The highest BCUT2D eigenvalue weighted by Crippen LogP contribution is 2.16. The number of amides is 1. The molecule has 0 bridgehead atoms. The maximum Gasteiger partial charge on any atom is 0.251 e. The van der Waals surface area contributed by atoms with E-state index >= 15 is 0 Å². The lowest BCUT2D eigenvalue weighted by molar-refractivity contribution is 0.0956. The number of hydrogen-bond donors (Lipinski definition) is 2. The molecule has 0 spiro atoms. The van der Waals surface area contributed by atoms with Crippen LogP contribution >= 0.6 is 11.8 Å². The van der Waals surface area contributed by atoms with Crippen LogP contribution in [0.5, 0.6) is 0 Å². The zero-order valence-electron chi connectivity index (χ0n) is 16.6. The predicted molar refractivity (Wildman–Crippen MR) is 119 cm³/mol. The van der Waals surface area contributed by atoms with Gasteiger partial charge in [0.05, 0.1) is 29.3 Å². The van der Waals surface area contributed by atoms with E-state index in [4.69, 9.17) is 9.68 Å². The van der Waals surface area contributed by atoms with Gasteiger partial charge in [0.1, 0.15) is 5.76 Å². The van der Waals surface area contributed by atoms with E-state index in [0.29, 0.717) is 34.9 Å². The van der Waals surface area contributed by atoms with Crippen molar-refractivity contribution < 1.29 is 17.6 Å². The van der Waals surface area contributed by atoms with Crippen LogP contribution in [-0.4, -0.2) is 26.6 Å². The van der Waals surface area contributed by atoms with E-state index in [1.807, 2.05) is 18.2 Å². The molecule has 0 aliphatic carbocycles. The van der Waals surface area contributed by atoms with Gasteiger partial charge in [-0.15, -0.1) is 0 Å². The van der Waals surface area contributed by atoms with E-state index in [-0.39, 0.29) is 17.3 Å². The van der Waals surface area contributed by atoms with Crippen LogP contribution in [0.3, 0.4) is 0 Å². The second-order valence-electron chi connectivity index (χ2n) is 6.51.